The van der Waals surface area contributed by atoms with Gasteiger partial charge in [0.15, 0.2) is 11.6 Å². The van der Waals surface area contributed by atoms with Crippen molar-refractivity contribution in [1.82, 2.24) is 9.97 Å². The zero-order chi connectivity index (χ0) is 10.8. The number of nitrogen functional groups attached to an aromatic ring is 1. The van der Waals surface area contributed by atoms with Crippen molar-refractivity contribution >= 4 is 5.69 Å². The summed E-state index contributed by atoms with van der Waals surface area (Å²) in [6.45, 7) is 4.88. The van der Waals surface area contributed by atoms with Crippen LogP contribution in [-0.2, 0) is 4.74 Å². The smallest absolute Gasteiger partial charge is 0.160 e. The molecular weight excluding hydrogens is 182 g/mol. The third-order valence-corrected chi connectivity index (χ3v) is 1.52. The first kappa shape index (κ1) is 10.9. The van der Waals surface area contributed by atoms with Crippen LogP contribution in [-0.4, -0.2) is 20.9 Å². The highest BCUT2D eigenvalue weighted by Crippen LogP contribution is 2.18. The Morgan fingerprint density at radius 1 is 1.43 bits per heavy atom. The van der Waals surface area contributed by atoms with Crippen molar-refractivity contribution in [3.05, 3.63) is 18.2 Å². The summed E-state index contributed by atoms with van der Waals surface area (Å²) in [5.74, 6) is -0.689. The van der Waals surface area contributed by atoms with Gasteiger partial charge >= 0.3 is 0 Å². The molecule has 1 heterocycles. The molecule has 1 rings (SSSR count). The van der Waals surface area contributed by atoms with Crippen LogP contribution in [0.5, 0.6) is 0 Å². The Bertz CT molecular complexity index is 292. The van der Waals surface area contributed by atoms with E-state index in [4.69, 9.17) is 10.5 Å². The molecule has 0 amide bonds. The Morgan fingerprint density at radius 3 is 2.36 bits per heavy atom. The molecule has 0 saturated heterocycles. The number of nitrogens with two attached hydrogens (primary N) is 1. The lowest BCUT2D eigenvalue weighted by molar-refractivity contribution is -0.205. The fourth-order valence-electron chi connectivity index (χ4n) is 1.04. The maximum atomic E-state index is 9.40. The second-order valence-corrected chi connectivity index (χ2v) is 3.58. The third kappa shape index (κ3) is 3.27. The molecule has 14 heavy (non-hydrogen) atoms. The molecule has 78 valence electrons. The molecule has 0 aliphatic carbocycles. The predicted molar refractivity (Wildman–Crippen MR) is 52.2 cm³/mol. The first-order valence-corrected chi connectivity index (χ1v) is 4.36. The molecule has 1 atom stereocenters. The van der Waals surface area contributed by atoms with E-state index < -0.39 is 5.79 Å². The Kier molecular flexibility index (Phi) is 3.03. The summed E-state index contributed by atoms with van der Waals surface area (Å²) in [5.41, 5.74) is 5.94. The summed E-state index contributed by atoms with van der Waals surface area (Å²) in [4.78, 5) is 7.98. The van der Waals surface area contributed by atoms with E-state index in [-0.39, 0.29) is 6.10 Å². The van der Waals surface area contributed by atoms with Gasteiger partial charge in [-0.05, 0) is 20.8 Å². The molecule has 1 unspecified atom stereocenters. The minimum atomic E-state index is -1.19. The van der Waals surface area contributed by atoms with Gasteiger partial charge in [0.25, 0.3) is 0 Å². The van der Waals surface area contributed by atoms with E-state index in [2.05, 4.69) is 9.97 Å². The zero-order valence-corrected chi connectivity index (χ0v) is 8.56. The van der Waals surface area contributed by atoms with Crippen molar-refractivity contribution < 1.29 is 9.84 Å². The average molecular weight is 197 g/mol. The third-order valence-electron chi connectivity index (χ3n) is 1.52. The van der Waals surface area contributed by atoms with Gasteiger partial charge in [-0.25, -0.2) is 9.97 Å². The highest BCUT2D eigenvalue weighted by molar-refractivity contribution is 5.30. The largest absolute Gasteiger partial charge is 0.396 e. The monoisotopic (exact) mass is 197 g/mol. The van der Waals surface area contributed by atoms with Crippen LogP contribution in [0.1, 0.15) is 32.7 Å². The van der Waals surface area contributed by atoms with E-state index in [0.29, 0.717) is 11.5 Å². The van der Waals surface area contributed by atoms with E-state index in [1.54, 1.807) is 20.8 Å². The van der Waals surface area contributed by atoms with Crippen LogP contribution in [0.25, 0.3) is 0 Å². The molecular formula is C9H15N3O2. The molecule has 0 saturated carbocycles. The maximum Gasteiger partial charge on any atom is 0.160 e. The number of hydrogen-bond donors (Lipinski definition) is 2. The lowest BCUT2D eigenvalue weighted by Gasteiger charge is -2.22. The maximum absolute atomic E-state index is 9.40. The van der Waals surface area contributed by atoms with Gasteiger partial charge in [0.05, 0.1) is 18.1 Å². The topological polar surface area (TPSA) is 81.3 Å². The lowest BCUT2D eigenvalue weighted by atomic mass is 10.3. The van der Waals surface area contributed by atoms with Crippen LogP contribution in [0.15, 0.2) is 12.4 Å². The van der Waals surface area contributed by atoms with Crippen molar-refractivity contribution in [3.63, 3.8) is 0 Å². The van der Waals surface area contributed by atoms with Gasteiger partial charge in [-0.2, -0.15) is 0 Å². The molecule has 0 radical (unpaired) electrons. The second-order valence-electron chi connectivity index (χ2n) is 3.58. The van der Waals surface area contributed by atoms with Crippen molar-refractivity contribution in [1.29, 1.82) is 0 Å². The summed E-state index contributed by atoms with van der Waals surface area (Å²) in [5, 5.41) is 9.40. The Labute approximate surface area is 82.9 Å². The SMILES string of the molecule is CC(OC(C)(C)O)c1ncc(N)cn1. The summed E-state index contributed by atoms with van der Waals surface area (Å²) in [6.07, 6.45) is 2.65. The molecule has 0 fully saturated rings. The van der Waals surface area contributed by atoms with Crippen molar-refractivity contribution in [2.75, 3.05) is 5.73 Å². The fraction of sp³-hybridized carbons (Fsp3) is 0.556. The molecule has 0 spiro atoms. The standard InChI is InChI=1S/C9H15N3O2/c1-6(14-9(2,3)13)8-11-4-7(10)5-12-8/h4-6,13H,10H2,1-3H3. The van der Waals surface area contributed by atoms with Gasteiger partial charge in [-0.3, -0.25) is 0 Å². The van der Waals surface area contributed by atoms with Crippen LogP contribution in [0.2, 0.25) is 0 Å². The van der Waals surface area contributed by atoms with Crippen LogP contribution in [0.3, 0.4) is 0 Å². The first-order chi connectivity index (χ1) is 6.38. The van der Waals surface area contributed by atoms with Gasteiger partial charge in [-0.15, -0.1) is 0 Å². The number of nitrogens with zero attached hydrogens (tertiary/aromatic N) is 2. The van der Waals surface area contributed by atoms with E-state index >= 15 is 0 Å². The van der Waals surface area contributed by atoms with Gasteiger partial charge in [0.2, 0.25) is 0 Å². The molecule has 1 aromatic rings. The molecule has 0 bridgehead atoms. The summed E-state index contributed by atoms with van der Waals surface area (Å²) in [6, 6.07) is 0. The molecule has 5 heteroatoms. The Hall–Kier alpha value is -1.20. The van der Waals surface area contributed by atoms with E-state index in [0.717, 1.165) is 0 Å². The minimum absolute atomic E-state index is 0.365. The summed E-state index contributed by atoms with van der Waals surface area (Å²) in [7, 11) is 0. The number of rotatable bonds is 3. The van der Waals surface area contributed by atoms with Gasteiger partial charge in [0.1, 0.15) is 6.10 Å². The molecule has 1 aromatic heterocycles. The van der Waals surface area contributed by atoms with Gasteiger partial charge in [0, 0.05) is 0 Å². The molecule has 0 aliphatic heterocycles. The predicted octanol–water partition coefficient (Wildman–Crippen LogP) is 0.865. The normalized spacial score (nSPS) is 14.0. The Morgan fingerprint density at radius 2 is 1.93 bits per heavy atom. The Balaban J connectivity index is 2.70. The number of anilines is 1. The number of ether oxygens (including phenoxy) is 1. The van der Waals surface area contributed by atoms with Crippen LogP contribution < -0.4 is 5.73 Å². The van der Waals surface area contributed by atoms with Crippen molar-refractivity contribution in [2.24, 2.45) is 0 Å². The van der Waals surface area contributed by atoms with Crippen LogP contribution in [0.4, 0.5) is 5.69 Å². The molecule has 0 aromatic carbocycles. The fourth-order valence-corrected chi connectivity index (χ4v) is 1.04. The van der Waals surface area contributed by atoms with Crippen molar-refractivity contribution in [2.45, 2.75) is 32.7 Å². The van der Waals surface area contributed by atoms with E-state index in [9.17, 15) is 5.11 Å². The van der Waals surface area contributed by atoms with Crippen molar-refractivity contribution in [3.8, 4) is 0 Å². The molecule has 3 N–H and O–H groups in total. The van der Waals surface area contributed by atoms with Crippen LogP contribution in [0, 0.1) is 0 Å². The molecule has 5 nitrogen and oxygen atoms in total. The number of hydrogen-bond acceptors (Lipinski definition) is 5. The van der Waals surface area contributed by atoms with Crippen LogP contribution >= 0.6 is 0 Å². The average Bonchev–Trinajstić information content (AvgIpc) is 2.02. The summed E-state index contributed by atoms with van der Waals surface area (Å²) >= 11 is 0. The second kappa shape index (κ2) is 3.89. The summed E-state index contributed by atoms with van der Waals surface area (Å²) < 4.78 is 5.25. The van der Waals surface area contributed by atoms with E-state index in [1.165, 1.54) is 12.4 Å². The van der Waals surface area contributed by atoms with Gasteiger partial charge < -0.3 is 15.6 Å². The van der Waals surface area contributed by atoms with Gasteiger partial charge in [-0.1, -0.05) is 0 Å². The quantitative estimate of drug-likeness (QED) is 0.702. The molecule has 0 aliphatic rings. The lowest BCUT2D eigenvalue weighted by Crippen LogP contribution is -2.25. The van der Waals surface area contributed by atoms with E-state index in [1.807, 2.05) is 0 Å². The number of aliphatic hydroxyl groups is 1. The highest BCUT2D eigenvalue weighted by atomic mass is 16.6. The highest BCUT2D eigenvalue weighted by Gasteiger charge is 2.19. The first-order valence-electron chi connectivity index (χ1n) is 4.36. The minimum Gasteiger partial charge on any atom is -0.396 e. The zero-order valence-electron chi connectivity index (χ0n) is 8.56. The number of aromatic nitrogens is 2.